The van der Waals surface area contributed by atoms with Crippen LogP contribution in [-0.4, -0.2) is 43.4 Å². The van der Waals surface area contributed by atoms with Gasteiger partial charge in [0.1, 0.15) is 11.5 Å². The molecule has 10 nitrogen and oxygen atoms in total. The number of benzene rings is 6. The number of hydrogen-bond acceptors (Lipinski definition) is 10. The molecule has 0 aliphatic rings. The van der Waals surface area contributed by atoms with E-state index in [0.717, 1.165) is 56.8 Å². The Balaban J connectivity index is 0.000000196. The average molecular weight is 775 g/mol. The van der Waals surface area contributed by atoms with Crippen molar-refractivity contribution in [3.05, 3.63) is 172 Å². The smallest absolute Gasteiger partial charge is 0.233 e. The van der Waals surface area contributed by atoms with Crippen molar-refractivity contribution in [2.24, 2.45) is 0 Å². The van der Waals surface area contributed by atoms with Crippen LogP contribution < -0.4 is 34.9 Å². The summed E-state index contributed by atoms with van der Waals surface area (Å²) in [7, 11) is 6.67. The minimum Gasteiger partial charge on any atom is -0.497 e. The molecular formula is C48H50N6O4. The molecule has 1 aromatic heterocycles. The van der Waals surface area contributed by atoms with Crippen molar-refractivity contribution in [2.45, 2.75) is 33.6 Å². The van der Waals surface area contributed by atoms with Gasteiger partial charge in [-0.05, 0) is 121 Å². The van der Waals surface area contributed by atoms with Crippen molar-refractivity contribution >= 4 is 34.9 Å². The lowest BCUT2D eigenvalue weighted by atomic mass is 9.83. The number of nitrogens with one attached hydrogen (secondary N) is 3. The molecule has 0 aliphatic carbocycles. The van der Waals surface area contributed by atoms with Gasteiger partial charge in [-0.15, -0.1) is 0 Å². The topological polar surface area (TPSA) is 112 Å². The zero-order valence-electron chi connectivity index (χ0n) is 34.3. The van der Waals surface area contributed by atoms with E-state index in [1.165, 1.54) is 22.3 Å². The van der Waals surface area contributed by atoms with E-state index in [0.29, 0.717) is 17.8 Å². The third-order valence-corrected chi connectivity index (χ3v) is 9.64. The number of ether oxygens (including phenoxy) is 4. The van der Waals surface area contributed by atoms with Crippen molar-refractivity contribution in [3.8, 4) is 23.0 Å². The number of methoxy groups -OCH3 is 4. The first-order valence-electron chi connectivity index (χ1n) is 18.9. The molecule has 0 spiro atoms. The van der Waals surface area contributed by atoms with Crippen LogP contribution in [0.4, 0.5) is 34.9 Å². The van der Waals surface area contributed by atoms with Crippen molar-refractivity contribution in [1.82, 2.24) is 15.0 Å². The molecule has 0 fully saturated rings. The fourth-order valence-electron chi connectivity index (χ4n) is 6.45. The molecular weight excluding hydrogens is 725 g/mol. The van der Waals surface area contributed by atoms with Gasteiger partial charge in [-0.2, -0.15) is 15.0 Å². The Hall–Kier alpha value is -7.07. The normalized spacial score (nSPS) is 11.0. The van der Waals surface area contributed by atoms with Gasteiger partial charge in [0.05, 0.1) is 28.4 Å². The second kappa shape index (κ2) is 19.2. The molecule has 3 N–H and O–H groups in total. The fourth-order valence-corrected chi connectivity index (χ4v) is 6.45. The summed E-state index contributed by atoms with van der Waals surface area (Å²) >= 11 is 0. The van der Waals surface area contributed by atoms with Crippen LogP contribution in [0.3, 0.4) is 0 Å². The molecule has 7 aromatic rings. The molecule has 0 bridgehead atoms. The highest BCUT2D eigenvalue weighted by molar-refractivity contribution is 5.63. The van der Waals surface area contributed by atoms with E-state index in [9.17, 15) is 0 Å². The number of hydrogen-bond donors (Lipinski definition) is 3. The highest BCUT2D eigenvalue weighted by Crippen LogP contribution is 2.39. The number of nitrogens with zero attached hydrogens (tertiary/aromatic N) is 3. The van der Waals surface area contributed by atoms with Gasteiger partial charge in [-0.3, -0.25) is 0 Å². The first-order chi connectivity index (χ1) is 28.2. The molecule has 7 rings (SSSR count). The second-order valence-electron chi connectivity index (χ2n) is 13.8. The highest BCUT2D eigenvalue weighted by Gasteiger charge is 2.21. The maximum Gasteiger partial charge on any atom is 0.233 e. The van der Waals surface area contributed by atoms with Crippen LogP contribution in [0.25, 0.3) is 0 Å². The molecule has 10 heteroatoms. The average Bonchev–Trinajstić information content (AvgIpc) is 3.23. The summed E-state index contributed by atoms with van der Waals surface area (Å²) in [6.07, 6.45) is 0. The van der Waals surface area contributed by atoms with Gasteiger partial charge < -0.3 is 34.9 Å². The lowest BCUT2D eigenvalue weighted by molar-refractivity contribution is 0.354. The number of anilines is 6. The Bertz CT molecular complexity index is 2460. The van der Waals surface area contributed by atoms with Crippen LogP contribution >= 0.6 is 0 Å². The summed E-state index contributed by atoms with van der Waals surface area (Å²) in [6, 6.07) is 44.6. The third kappa shape index (κ3) is 10.4. The summed E-state index contributed by atoms with van der Waals surface area (Å²) < 4.78 is 21.9. The van der Waals surface area contributed by atoms with E-state index < -0.39 is 0 Å². The van der Waals surface area contributed by atoms with Gasteiger partial charge in [-0.1, -0.05) is 72.8 Å². The number of aromatic nitrogens is 3. The summed E-state index contributed by atoms with van der Waals surface area (Å²) in [5, 5.41) is 9.70. The predicted molar refractivity (Wildman–Crippen MR) is 234 cm³/mol. The summed E-state index contributed by atoms with van der Waals surface area (Å²) in [6.45, 7) is 8.39. The van der Waals surface area contributed by atoms with Crippen LogP contribution in [0.5, 0.6) is 23.0 Å². The fraction of sp³-hybridized carbons (Fsp3) is 0.188. The van der Waals surface area contributed by atoms with Crippen LogP contribution in [0.15, 0.2) is 133 Å². The van der Waals surface area contributed by atoms with E-state index in [2.05, 4.69) is 100 Å². The van der Waals surface area contributed by atoms with Gasteiger partial charge in [0.25, 0.3) is 0 Å². The summed E-state index contributed by atoms with van der Waals surface area (Å²) in [5.74, 6) is 4.43. The van der Waals surface area contributed by atoms with Gasteiger partial charge in [-0.25, -0.2) is 0 Å². The van der Waals surface area contributed by atoms with Gasteiger partial charge in [0.2, 0.25) is 17.8 Å². The molecule has 0 amide bonds. The van der Waals surface area contributed by atoms with Crippen LogP contribution in [0.1, 0.15) is 44.9 Å². The van der Waals surface area contributed by atoms with Crippen LogP contribution in [0.2, 0.25) is 0 Å². The quantitative estimate of drug-likeness (QED) is 0.0979. The minimum absolute atomic E-state index is 0.0635. The Morgan fingerprint density at radius 2 is 0.914 bits per heavy atom. The first-order valence-corrected chi connectivity index (χ1v) is 18.9. The monoisotopic (exact) mass is 774 g/mol. The largest absolute Gasteiger partial charge is 0.497 e. The van der Waals surface area contributed by atoms with Crippen molar-refractivity contribution in [1.29, 1.82) is 0 Å². The van der Waals surface area contributed by atoms with E-state index in [1.807, 2.05) is 91.9 Å². The van der Waals surface area contributed by atoms with Crippen molar-refractivity contribution in [3.63, 3.8) is 0 Å². The molecule has 1 atom stereocenters. The van der Waals surface area contributed by atoms with Crippen molar-refractivity contribution < 1.29 is 18.9 Å². The summed E-state index contributed by atoms with van der Waals surface area (Å²) in [5.41, 5.74) is 11.0. The molecule has 0 saturated heterocycles. The molecule has 296 valence electrons. The molecule has 0 saturated carbocycles. The Morgan fingerprint density at radius 3 is 1.50 bits per heavy atom. The highest BCUT2D eigenvalue weighted by atomic mass is 16.5. The van der Waals surface area contributed by atoms with E-state index in [-0.39, 0.29) is 5.92 Å². The molecule has 6 aromatic carbocycles. The molecule has 1 unspecified atom stereocenters. The Morgan fingerprint density at radius 1 is 0.397 bits per heavy atom. The maximum atomic E-state index is 5.59. The lowest BCUT2D eigenvalue weighted by Crippen LogP contribution is -2.07. The molecule has 0 aliphatic heterocycles. The molecule has 1 heterocycles. The van der Waals surface area contributed by atoms with Gasteiger partial charge >= 0.3 is 0 Å². The van der Waals surface area contributed by atoms with Crippen molar-refractivity contribution in [2.75, 3.05) is 44.4 Å². The van der Waals surface area contributed by atoms with E-state index in [1.54, 1.807) is 28.4 Å². The third-order valence-electron chi connectivity index (χ3n) is 9.64. The zero-order valence-corrected chi connectivity index (χ0v) is 34.3. The molecule has 0 radical (unpaired) electrons. The van der Waals surface area contributed by atoms with E-state index >= 15 is 0 Å². The second-order valence-corrected chi connectivity index (χ2v) is 13.8. The number of para-hydroxylation sites is 1. The first kappa shape index (κ1) is 40.6. The Kier molecular flexibility index (Phi) is 13.4. The van der Waals surface area contributed by atoms with Crippen LogP contribution in [0, 0.1) is 27.7 Å². The van der Waals surface area contributed by atoms with E-state index in [4.69, 9.17) is 18.9 Å². The van der Waals surface area contributed by atoms with Crippen LogP contribution in [-0.2, 0) is 0 Å². The Labute approximate surface area is 341 Å². The number of aryl methyl sites for hydroxylation is 4. The zero-order chi connectivity index (χ0) is 41.0. The van der Waals surface area contributed by atoms with Gasteiger partial charge in [0.15, 0.2) is 11.5 Å². The predicted octanol–water partition coefficient (Wildman–Crippen LogP) is 11.2. The van der Waals surface area contributed by atoms with Gasteiger partial charge in [0, 0.05) is 29.0 Å². The standard InChI is InChI=1S/C25H28O3.C23H22N6O/c1-16-7-9-19(13-18(16)3)25(20-10-8-17(2)23(14-20)27-5)21-11-12-22(26-4)24(15-21)28-6;1-16-8-6-11-18(14-16)25-22-27-21(24-17-9-4-3-5-10-17)28-23(29-22)26-19-12-7-13-20(15-19)30-2/h7-15,25H,1-6H3;3-15H,1-2H3,(H3,24,25,26,27,28,29). The lowest BCUT2D eigenvalue weighted by Gasteiger charge is -2.22. The summed E-state index contributed by atoms with van der Waals surface area (Å²) in [4.78, 5) is 13.6. The maximum absolute atomic E-state index is 5.59. The molecule has 58 heavy (non-hydrogen) atoms. The minimum atomic E-state index is 0.0635. The SMILES string of the molecule is COc1cc(C(c2ccc(C)c(C)c2)c2ccc(OC)c(OC)c2)ccc1C.COc1cccc(Nc2nc(Nc3ccccc3)nc(Nc3cccc(C)c3)n2)c1. The number of rotatable bonds is 13.